The normalized spacial score (nSPS) is 13.3. The minimum Gasteiger partial charge on any atom is -0.454 e. The minimum atomic E-state index is -3.83. The molecule has 0 fully saturated rings. The fourth-order valence-electron chi connectivity index (χ4n) is 3.35. The second-order valence-corrected chi connectivity index (χ2v) is 9.87. The predicted octanol–water partition coefficient (Wildman–Crippen LogP) is 2.39. The molecule has 3 rings (SSSR count). The molecule has 2 aromatic rings. The molecule has 0 aromatic heterocycles. The number of benzene rings is 2. The van der Waals surface area contributed by atoms with Crippen LogP contribution in [0.5, 0.6) is 11.5 Å². The topological polar surface area (TPSA) is 105 Å². The van der Waals surface area contributed by atoms with Gasteiger partial charge in [-0.1, -0.05) is 23.7 Å². The molecule has 0 aliphatic carbocycles. The van der Waals surface area contributed by atoms with E-state index >= 15 is 0 Å². The molecular formula is C22H26ClN3O6S. The van der Waals surface area contributed by atoms with Crippen molar-refractivity contribution in [3.8, 4) is 11.5 Å². The molecule has 0 radical (unpaired) electrons. The Morgan fingerprint density at radius 2 is 1.79 bits per heavy atom. The van der Waals surface area contributed by atoms with Gasteiger partial charge < -0.3 is 19.7 Å². The molecular weight excluding hydrogens is 470 g/mol. The van der Waals surface area contributed by atoms with Crippen LogP contribution >= 0.6 is 11.6 Å². The Hall–Kier alpha value is -2.98. The van der Waals surface area contributed by atoms with E-state index < -0.39 is 28.5 Å². The van der Waals surface area contributed by atoms with Gasteiger partial charge >= 0.3 is 0 Å². The number of sulfonamides is 1. The van der Waals surface area contributed by atoms with E-state index in [1.807, 2.05) is 0 Å². The van der Waals surface area contributed by atoms with Crippen molar-refractivity contribution in [2.75, 3.05) is 30.4 Å². The smallest absolute Gasteiger partial charge is 0.244 e. The van der Waals surface area contributed by atoms with Crippen molar-refractivity contribution >= 4 is 39.1 Å². The van der Waals surface area contributed by atoms with Crippen LogP contribution in [0.2, 0.25) is 5.02 Å². The van der Waals surface area contributed by atoms with E-state index in [1.165, 1.54) is 11.0 Å². The summed E-state index contributed by atoms with van der Waals surface area (Å²) in [7, 11) is -3.83. The Morgan fingerprint density at radius 1 is 1.12 bits per heavy atom. The molecule has 0 saturated heterocycles. The van der Waals surface area contributed by atoms with E-state index in [1.54, 1.807) is 50.2 Å². The van der Waals surface area contributed by atoms with Crippen LogP contribution in [-0.4, -0.2) is 57.3 Å². The minimum absolute atomic E-state index is 0.0372. The SMILES string of the molecule is CCNC(=O)C(C)N(Cc1ccc(Cl)cc1)C(=O)CN(c1ccc2c(c1)OCO2)S(C)(=O)=O. The van der Waals surface area contributed by atoms with Crippen LogP contribution in [0, 0.1) is 0 Å². The molecule has 178 valence electrons. The first kappa shape index (κ1) is 24.7. The highest BCUT2D eigenvalue weighted by Crippen LogP contribution is 2.36. The van der Waals surface area contributed by atoms with Gasteiger partial charge in [0.05, 0.1) is 11.9 Å². The van der Waals surface area contributed by atoms with Crippen molar-refractivity contribution in [1.82, 2.24) is 10.2 Å². The first-order chi connectivity index (χ1) is 15.6. The summed E-state index contributed by atoms with van der Waals surface area (Å²) in [5.74, 6) is 0.00987. The molecule has 0 bridgehead atoms. The summed E-state index contributed by atoms with van der Waals surface area (Å²) in [6, 6.07) is 10.7. The van der Waals surface area contributed by atoms with E-state index in [4.69, 9.17) is 21.1 Å². The van der Waals surface area contributed by atoms with Gasteiger partial charge in [-0.25, -0.2) is 8.42 Å². The predicted molar refractivity (Wildman–Crippen MR) is 125 cm³/mol. The number of halogens is 1. The molecule has 9 nitrogen and oxygen atoms in total. The summed E-state index contributed by atoms with van der Waals surface area (Å²) in [5.41, 5.74) is 1.00. The Morgan fingerprint density at radius 3 is 2.42 bits per heavy atom. The Bertz CT molecular complexity index is 1120. The Kier molecular flexibility index (Phi) is 7.70. The van der Waals surface area contributed by atoms with Crippen LogP contribution in [0.1, 0.15) is 19.4 Å². The van der Waals surface area contributed by atoms with Gasteiger partial charge in [0, 0.05) is 24.2 Å². The third-order valence-electron chi connectivity index (χ3n) is 5.11. The molecule has 1 N–H and O–H groups in total. The van der Waals surface area contributed by atoms with Gasteiger partial charge in [-0.2, -0.15) is 0 Å². The number of amides is 2. The van der Waals surface area contributed by atoms with Crippen molar-refractivity contribution in [2.24, 2.45) is 0 Å². The molecule has 2 amide bonds. The molecule has 33 heavy (non-hydrogen) atoms. The van der Waals surface area contributed by atoms with Crippen LogP contribution < -0.4 is 19.1 Å². The first-order valence-corrected chi connectivity index (χ1v) is 12.5. The number of nitrogens with zero attached hydrogens (tertiary/aromatic N) is 2. The zero-order chi connectivity index (χ0) is 24.2. The van der Waals surface area contributed by atoms with Crippen LogP contribution in [0.4, 0.5) is 5.69 Å². The molecule has 1 atom stereocenters. The van der Waals surface area contributed by atoms with Crippen molar-refractivity contribution in [3.05, 3.63) is 53.1 Å². The van der Waals surface area contributed by atoms with Crippen molar-refractivity contribution in [1.29, 1.82) is 0 Å². The number of likely N-dealkylation sites (N-methyl/N-ethyl adjacent to an activating group) is 1. The number of ether oxygens (including phenoxy) is 2. The molecule has 0 spiro atoms. The van der Waals surface area contributed by atoms with Gasteiger partial charge in [0.25, 0.3) is 0 Å². The van der Waals surface area contributed by atoms with Gasteiger partial charge in [0.1, 0.15) is 12.6 Å². The number of nitrogens with one attached hydrogen (secondary N) is 1. The van der Waals surface area contributed by atoms with E-state index in [2.05, 4.69) is 5.32 Å². The summed E-state index contributed by atoms with van der Waals surface area (Å²) in [4.78, 5) is 27.3. The maximum atomic E-state index is 13.4. The van der Waals surface area contributed by atoms with Gasteiger partial charge in [-0.3, -0.25) is 13.9 Å². The largest absolute Gasteiger partial charge is 0.454 e. The average Bonchev–Trinajstić information content (AvgIpc) is 3.23. The summed E-state index contributed by atoms with van der Waals surface area (Å²) in [6.07, 6.45) is 1.02. The lowest BCUT2D eigenvalue weighted by Gasteiger charge is -2.31. The zero-order valence-electron chi connectivity index (χ0n) is 18.6. The third kappa shape index (κ3) is 6.08. The quantitative estimate of drug-likeness (QED) is 0.572. The summed E-state index contributed by atoms with van der Waals surface area (Å²) in [6.45, 7) is 3.43. The van der Waals surface area contributed by atoms with E-state index in [0.29, 0.717) is 23.1 Å². The number of hydrogen-bond acceptors (Lipinski definition) is 6. The van der Waals surface area contributed by atoms with E-state index in [-0.39, 0.29) is 24.9 Å². The molecule has 0 saturated carbocycles. The number of carbonyl (C=O) groups excluding carboxylic acids is 2. The molecule has 2 aromatic carbocycles. The van der Waals surface area contributed by atoms with Crippen molar-refractivity contribution in [3.63, 3.8) is 0 Å². The van der Waals surface area contributed by atoms with Crippen LogP contribution in [-0.2, 0) is 26.2 Å². The van der Waals surface area contributed by atoms with E-state index in [9.17, 15) is 18.0 Å². The Balaban J connectivity index is 1.90. The summed E-state index contributed by atoms with van der Waals surface area (Å²) >= 11 is 5.95. The maximum Gasteiger partial charge on any atom is 0.244 e. The number of rotatable bonds is 9. The monoisotopic (exact) mass is 495 g/mol. The highest BCUT2D eigenvalue weighted by atomic mass is 35.5. The second-order valence-electron chi connectivity index (χ2n) is 7.53. The number of carbonyl (C=O) groups is 2. The molecule has 1 aliphatic heterocycles. The summed E-state index contributed by atoms with van der Waals surface area (Å²) < 4.78 is 36.8. The summed E-state index contributed by atoms with van der Waals surface area (Å²) in [5, 5.41) is 3.24. The zero-order valence-corrected chi connectivity index (χ0v) is 20.1. The first-order valence-electron chi connectivity index (χ1n) is 10.3. The average molecular weight is 496 g/mol. The third-order valence-corrected chi connectivity index (χ3v) is 6.50. The van der Waals surface area contributed by atoms with Gasteiger partial charge in [0.2, 0.25) is 28.6 Å². The maximum absolute atomic E-state index is 13.4. The number of hydrogen-bond donors (Lipinski definition) is 1. The van der Waals surface area contributed by atoms with Crippen molar-refractivity contribution in [2.45, 2.75) is 26.4 Å². The molecule has 11 heteroatoms. The second kappa shape index (κ2) is 10.3. The lowest BCUT2D eigenvalue weighted by atomic mass is 10.1. The van der Waals surface area contributed by atoms with Crippen LogP contribution in [0.15, 0.2) is 42.5 Å². The fraction of sp³-hybridized carbons (Fsp3) is 0.364. The lowest BCUT2D eigenvalue weighted by Crippen LogP contribution is -2.51. The van der Waals surface area contributed by atoms with Gasteiger partial charge in [-0.15, -0.1) is 0 Å². The molecule has 1 heterocycles. The van der Waals surface area contributed by atoms with E-state index in [0.717, 1.165) is 16.1 Å². The van der Waals surface area contributed by atoms with Crippen LogP contribution in [0.3, 0.4) is 0 Å². The standard InChI is InChI=1S/C22H26ClN3O6S/c1-4-24-22(28)15(2)25(12-16-5-7-17(23)8-6-16)21(27)13-26(33(3,29)30)18-9-10-19-20(11-18)32-14-31-19/h5-11,15H,4,12-14H2,1-3H3,(H,24,28). The van der Waals surface area contributed by atoms with Crippen molar-refractivity contribution < 1.29 is 27.5 Å². The molecule has 1 aliphatic rings. The highest BCUT2D eigenvalue weighted by molar-refractivity contribution is 7.92. The number of fused-ring (bicyclic) bond motifs is 1. The number of anilines is 1. The highest BCUT2D eigenvalue weighted by Gasteiger charge is 2.30. The fourth-order valence-corrected chi connectivity index (χ4v) is 4.31. The van der Waals surface area contributed by atoms with Gasteiger partial charge in [-0.05, 0) is 43.7 Å². The molecule has 1 unspecified atom stereocenters. The van der Waals surface area contributed by atoms with Crippen LogP contribution in [0.25, 0.3) is 0 Å². The van der Waals surface area contributed by atoms with Gasteiger partial charge in [0.15, 0.2) is 11.5 Å². The Labute approximate surface area is 198 Å². The lowest BCUT2D eigenvalue weighted by molar-refractivity contribution is -0.139.